The third-order valence-corrected chi connectivity index (χ3v) is 25.0. The molecule has 23 N–H and O–H groups in total. The number of carbonyl (C=O) groups excluding carboxylic acids is 17. The van der Waals surface area contributed by atoms with Gasteiger partial charge in [0, 0.05) is 118 Å². The number of amides is 17. The standard InChI is InChI=1S/C91H124N22O23S/c1-7-9-20-69-84(129)104-62(32-49(3)4)81(126)108-68(79(124)98-42-74(94)117)46-137-47-76(119)101-65(33-50-23-25-54(114)26-24-50)88(133)111(45-78(122)123)44-75(118)100-67(38-73(93)116)90(135)112-31-15-22-70(112)85(130)106-64(36-53-41-95-48-99-53)83(128)103-61(27-28-77(120)121)89(134)113-43-55(115)37-72(113)86(131)105-63(34-51-39-96-58-18-13-11-16-56(51)58)82(127)102-60(29-30-92)80(125)107-66(35-52-40-97-59-19-14-12-17-57(52)59)87(132)110(6)71(21-10-8-2)91(136)109(69)5/h11-14,16-19,23-26,39-41,48-49,55,60-72,96-97,114-115H,7-10,15,20-22,27-38,42-47,92H2,1-6H3,(H2,93,116)(H2,94,117)(H,95,99)(H,98,124)(H,100,118)(H,101,119)(H,102,127)(H,103,128)(H,104,129)(H,105,131)(H,106,130)(H,107,125)(H,108,126)(H,120,121)(H,122,123)/t55-,60+,61+,62+,63+,64+,65+,66+,67+,68+,69+,70+,71+,72+/m1/s1. The number of phenolic OH excluding ortho intramolecular Hbond substituents is 1. The molecule has 3 aromatic carbocycles. The van der Waals surface area contributed by atoms with Gasteiger partial charge in [-0.05, 0) is 98.4 Å². The van der Waals surface area contributed by atoms with Gasteiger partial charge in [0.05, 0.1) is 31.1 Å². The van der Waals surface area contributed by atoms with Gasteiger partial charge in [-0.15, -0.1) is 11.8 Å². The van der Waals surface area contributed by atoms with Crippen molar-refractivity contribution < 1.29 is 112 Å². The Bertz CT molecular complexity index is 5320. The van der Waals surface area contributed by atoms with E-state index < -0.39 is 273 Å². The molecule has 17 amide bonds. The predicted molar refractivity (Wildman–Crippen MR) is 496 cm³/mol. The number of nitrogens with two attached hydrogens (primary N) is 3. The average Bonchev–Trinajstić information content (AvgIpc) is 1.71. The van der Waals surface area contributed by atoms with E-state index in [4.69, 9.17) is 17.2 Å². The van der Waals surface area contributed by atoms with Gasteiger partial charge in [-0.1, -0.05) is 102 Å². The van der Waals surface area contributed by atoms with E-state index in [-0.39, 0.29) is 87.4 Å². The van der Waals surface area contributed by atoms with Crippen molar-refractivity contribution >= 4 is 146 Å². The molecule has 0 aliphatic carbocycles. The van der Waals surface area contributed by atoms with E-state index in [1.165, 1.54) is 55.8 Å². The van der Waals surface area contributed by atoms with Crippen LogP contribution in [0.15, 0.2) is 97.7 Å². The number of hydrogen-bond donors (Lipinski definition) is 20. The summed E-state index contributed by atoms with van der Waals surface area (Å²) in [5.74, 6) is -22.3. The molecule has 46 heteroatoms. The van der Waals surface area contributed by atoms with Gasteiger partial charge in [0.25, 0.3) is 0 Å². The van der Waals surface area contributed by atoms with Gasteiger partial charge < -0.3 is 130 Å². The molecule has 137 heavy (non-hydrogen) atoms. The number of carbonyl (C=O) groups is 19. The van der Waals surface area contributed by atoms with E-state index >= 15 is 38.4 Å². The van der Waals surface area contributed by atoms with Gasteiger partial charge in [-0.25, -0.2) is 4.98 Å². The Morgan fingerprint density at radius 1 is 0.547 bits per heavy atom. The molecule has 14 atom stereocenters. The number of aromatic hydroxyl groups is 1. The van der Waals surface area contributed by atoms with E-state index in [9.17, 15) is 73.2 Å². The van der Waals surface area contributed by atoms with Crippen molar-refractivity contribution in [3.05, 3.63) is 120 Å². The molecular formula is C91H124N22O23S. The van der Waals surface area contributed by atoms with Crippen molar-refractivity contribution in [1.82, 2.24) is 97.6 Å². The number of H-pyrrole nitrogens is 3. The first-order valence-electron chi connectivity index (χ1n) is 45.5. The normalized spacial score (nSPS) is 24.0. The van der Waals surface area contributed by atoms with Gasteiger partial charge in [-0.2, -0.15) is 0 Å². The minimum Gasteiger partial charge on any atom is -0.508 e. The van der Waals surface area contributed by atoms with Crippen LogP contribution in [0, 0.1) is 5.92 Å². The number of aliphatic hydroxyl groups is 1. The maximum atomic E-state index is 15.8. The number of aromatic amines is 3. The zero-order chi connectivity index (χ0) is 100. The van der Waals surface area contributed by atoms with Crippen LogP contribution in [0.1, 0.15) is 140 Å². The van der Waals surface area contributed by atoms with Gasteiger partial charge in [0.15, 0.2) is 0 Å². The number of aliphatic hydroxyl groups excluding tert-OH is 1. The van der Waals surface area contributed by atoms with Crippen LogP contribution < -0.4 is 70.4 Å². The number of benzene rings is 3. The summed E-state index contributed by atoms with van der Waals surface area (Å²) in [6.45, 7) is 2.86. The highest BCUT2D eigenvalue weighted by Crippen LogP contribution is 2.28. The fourth-order valence-electron chi connectivity index (χ4n) is 16.9. The zero-order valence-electron chi connectivity index (χ0n) is 77.2. The monoisotopic (exact) mass is 1920 g/mol. The number of aromatic nitrogens is 4. The van der Waals surface area contributed by atoms with E-state index in [1.807, 2.05) is 13.8 Å². The summed E-state index contributed by atoms with van der Waals surface area (Å²) in [5.41, 5.74) is 20.0. The van der Waals surface area contributed by atoms with Crippen LogP contribution in [-0.4, -0.2) is 327 Å². The number of thioether (sulfide) groups is 1. The molecule has 6 aromatic rings. The first-order chi connectivity index (χ1) is 65.3. The summed E-state index contributed by atoms with van der Waals surface area (Å²) >= 11 is 0.703. The molecule has 3 saturated heterocycles. The number of aliphatic carboxylic acids is 2. The maximum absolute atomic E-state index is 15.8. The van der Waals surface area contributed by atoms with Gasteiger partial charge in [0.2, 0.25) is 100 Å². The lowest BCUT2D eigenvalue weighted by Gasteiger charge is -2.36. The fourth-order valence-corrected chi connectivity index (χ4v) is 17.7. The first-order valence-corrected chi connectivity index (χ1v) is 46.7. The number of carboxylic acids is 2. The number of nitrogens with zero attached hydrogens (tertiary/aromatic N) is 6. The van der Waals surface area contributed by atoms with Crippen molar-refractivity contribution in [2.45, 2.75) is 228 Å². The molecule has 3 aliphatic heterocycles. The third-order valence-electron chi connectivity index (χ3n) is 23.9. The number of rotatable bonds is 28. The number of para-hydroxylation sites is 2. The molecule has 3 fully saturated rings. The van der Waals surface area contributed by atoms with Crippen LogP contribution in [0.2, 0.25) is 0 Å². The molecular weight excluding hydrogens is 1800 g/mol. The average molecular weight is 1930 g/mol. The van der Waals surface area contributed by atoms with Gasteiger partial charge in [0.1, 0.15) is 97.4 Å². The summed E-state index contributed by atoms with van der Waals surface area (Å²) in [5, 5.41) is 69.3. The minimum atomic E-state index is -1.95. The van der Waals surface area contributed by atoms with E-state index in [0.29, 0.717) is 75.3 Å². The Balaban J connectivity index is 1.11. The largest absolute Gasteiger partial charge is 0.508 e. The molecule has 9 rings (SSSR count). The Hall–Kier alpha value is -14.1. The minimum absolute atomic E-state index is 0.00144. The summed E-state index contributed by atoms with van der Waals surface area (Å²) in [4.78, 5) is 293. The SMILES string of the molecule is CCCC[C@H]1C(=O)N(C)[C@@H](CCCC)C(=O)N[C@@H](CC(C)C)C(=O)N[C@H](C(=O)NCC(N)=O)CSCC(=O)N[C@@H](Cc2ccc(O)cc2)C(=O)N(CC(=O)O)CC(=O)N[C@@H](CC(N)=O)C(=O)N2CCC[C@H]2C(=O)N[C@@H](Cc2cnc[nH]2)C(=O)N[C@@H](CCC(=O)O)C(=O)N2C[C@H](O)C[C@H]2C(=O)N[C@@H](Cc2c[nH]c3ccccc23)C(=O)N[C@@H](CCN)C(=O)N[C@@H](Cc2c[nH]c3ccccc23)C(=O)N1C. The van der Waals surface area contributed by atoms with Crippen LogP contribution in [0.25, 0.3) is 21.8 Å². The highest BCUT2D eigenvalue weighted by molar-refractivity contribution is 8.00. The Morgan fingerprint density at radius 3 is 1.69 bits per heavy atom. The lowest BCUT2D eigenvalue weighted by Crippen LogP contribution is -2.61. The molecule has 0 bridgehead atoms. The Morgan fingerprint density at radius 2 is 1.09 bits per heavy atom. The number of phenols is 1. The Kier molecular flexibility index (Phi) is 39.7. The van der Waals surface area contributed by atoms with E-state index in [0.717, 1.165) is 14.7 Å². The number of nitrogens with one attached hydrogen (secondary N) is 13. The lowest BCUT2D eigenvalue weighted by molar-refractivity contribution is -0.149. The second-order valence-corrected chi connectivity index (χ2v) is 35.9. The second kappa shape index (κ2) is 51.0. The predicted octanol–water partition coefficient (Wildman–Crippen LogP) is -2.90. The quantitative estimate of drug-likeness (QED) is 0.0234. The third kappa shape index (κ3) is 30.5. The van der Waals surface area contributed by atoms with Crippen LogP contribution in [0.5, 0.6) is 5.75 Å². The highest BCUT2D eigenvalue weighted by atomic mass is 32.2. The van der Waals surface area contributed by atoms with Crippen LogP contribution >= 0.6 is 11.8 Å². The first kappa shape index (κ1) is 107. The fraction of sp³-hybridized carbons (Fsp3) is 0.516. The summed E-state index contributed by atoms with van der Waals surface area (Å²) in [6, 6.07) is -1.93. The highest BCUT2D eigenvalue weighted by Gasteiger charge is 2.47. The Labute approximate surface area is 793 Å². The molecule has 6 heterocycles. The molecule has 0 spiro atoms. The molecule has 0 unspecified atom stereocenters. The number of imidazole rings is 1. The van der Waals surface area contributed by atoms with Crippen LogP contribution in [0.3, 0.4) is 0 Å². The number of hydrogen-bond acceptors (Lipinski definition) is 24. The van der Waals surface area contributed by atoms with Gasteiger partial charge in [-0.3, -0.25) is 91.1 Å². The van der Waals surface area contributed by atoms with Crippen molar-refractivity contribution in [3.8, 4) is 5.75 Å². The number of likely N-dealkylation sites (N-methyl/N-ethyl adjacent to an activating group) is 2. The molecule has 742 valence electrons. The van der Waals surface area contributed by atoms with Gasteiger partial charge >= 0.3 is 11.9 Å². The molecule has 3 aliphatic rings. The number of unbranched alkanes of at least 4 members (excludes halogenated alkanes) is 2. The van der Waals surface area contributed by atoms with Crippen molar-refractivity contribution in [2.75, 3.05) is 64.9 Å². The topological polar surface area (TPSA) is 680 Å². The molecule has 0 saturated carbocycles. The summed E-state index contributed by atoms with van der Waals surface area (Å²) < 4.78 is 0. The van der Waals surface area contributed by atoms with Crippen LogP contribution in [0.4, 0.5) is 0 Å². The maximum Gasteiger partial charge on any atom is 0.323 e. The summed E-state index contributed by atoms with van der Waals surface area (Å²) in [7, 11) is 2.72. The number of primary amides is 2. The zero-order valence-corrected chi connectivity index (χ0v) is 78.0. The van der Waals surface area contributed by atoms with Crippen molar-refractivity contribution in [2.24, 2.45) is 23.1 Å². The van der Waals surface area contributed by atoms with Crippen LogP contribution in [-0.2, 0) is 117 Å². The lowest BCUT2D eigenvalue weighted by atomic mass is 9.99. The summed E-state index contributed by atoms with van der Waals surface area (Å²) in [6.07, 6.45) is 1.11. The molecule has 3 aromatic heterocycles. The van der Waals surface area contributed by atoms with Crippen molar-refractivity contribution in [1.29, 1.82) is 0 Å². The number of fused-ring (bicyclic) bond motifs is 4. The second-order valence-electron chi connectivity index (χ2n) is 34.8. The van der Waals surface area contributed by atoms with Crippen molar-refractivity contribution in [3.63, 3.8) is 0 Å². The molecule has 45 nitrogen and oxygen atoms in total. The smallest absolute Gasteiger partial charge is 0.323 e. The molecule has 0 radical (unpaired) electrons. The van der Waals surface area contributed by atoms with E-state index in [1.54, 1.807) is 74.8 Å². The number of carboxylic acid groups (broad SMARTS) is 2. The van der Waals surface area contributed by atoms with E-state index in [2.05, 4.69) is 73.1 Å².